The molecule has 3 heterocycles. The number of imidazole rings is 1. The average molecular weight is 356 g/mol. The predicted molar refractivity (Wildman–Crippen MR) is 96.2 cm³/mol. The molecule has 7 heteroatoms. The van der Waals surface area contributed by atoms with Gasteiger partial charge in [-0.1, -0.05) is 0 Å². The quantitative estimate of drug-likeness (QED) is 0.749. The van der Waals surface area contributed by atoms with Crippen molar-refractivity contribution in [1.29, 1.82) is 5.26 Å². The van der Waals surface area contributed by atoms with E-state index in [-0.39, 0.29) is 12.5 Å². The summed E-state index contributed by atoms with van der Waals surface area (Å²) >= 11 is 1.63. The van der Waals surface area contributed by atoms with Gasteiger partial charge in [0.1, 0.15) is 17.4 Å². The second kappa shape index (κ2) is 6.06. The Morgan fingerprint density at radius 3 is 2.88 bits per heavy atom. The van der Waals surface area contributed by atoms with Gasteiger partial charge in [-0.25, -0.2) is 4.98 Å². The standard InChI is InChI=1S/C18H20N4O2S/c1-11(23)17-21-14-10-20-13-4-9-25-16(13)15(14)22(17)12-2-5-18(24,6-3-12)7-8-19/h4,9-12,23-24H,2-3,5-7H2,1H3. The fourth-order valence-corrected chi connectivity index (χ4v) is 4.77. The molecule has 0 saturated heterocycles. The van der Waals surface area contributed by atoms with Gasteiger partial charge in [-0.2, -0.15) is 5.26 Å². The first-order valence-corrected chi connectivity index (χ1v) is 9.42. The molecule has 1 aliphatic carbocycles. The van der Waals surface area contributed by atoms with Crippen molar-refractivity contribution in [3.63, 3.8) is 0 Å². The highest BCUT2D eigenvalue weighted by molar-refractivity contribution is 7.18. The van der Waals surface area contributed by atoms with Crippen LogP contribution in [0.3, 0.4) is 0 Å². The molecule has 3 aromatic heterocycles. The minimum absolute atomic E-state index is 0.154. The Bertz CT molecular complexity index is 961. The highest BCUT2D eigenvalue weighted by Gasteiger charge is 2.35. The molecule has 0 spiro atoms. The van der Waals surface area contributed by atoms with Gasteiger partial charge in [0.25, 0.3) is 0 Å². The number of fused-ring (bicyclic) bond motifs is 3. The third kappa shape index (κ3) is 2.71. The first kappa shape index (κ1) is 16.5. The summed E-state index contributed by atoms with van der Waals surface area (Å²) < 4.78 is 3.22. The Hall–Kier alpha value is -2.01. The van der Waals surface area contributed by atoms with Gasteiger partial charge in [0.15, 0.2) is 0 Å². The molecule has 0 radical (unpaired) electrons. The molecule has 130 valence electrons. The van der Waals surface area contributed by atoms with Gasteiger partial charge in [-0.15, -0.1) is 11.3 Å². The molecule has 1 aliphatic rings. The van der Waals surface area contributed by atoms with Crippen LogP contribution in [-0.2, 0) is 0 Å². The topological polar surface area (TPSA) is 95.0 Å². The lowest BCUT2D eigenvalue weighted by molar-refractivity contribution is -0.00364. The molecule has 2 N–H and O–H groups in total. The average Bonchev–Trinajstić information content (AvgIpc) is 3.19. The van der Waals surface area contributed by atoms with E-state index in [9.17, 15) is 10.2 Å². The first-order chi connectivity index (χ1) is 12.0. The van der Waals surface area contributed by atoms with E-state index in [4.69, 9.17) is 5.26 Å². The molecular weight excluding hydrogens is 336 g/mol. The van der Waals surface area contributed by atoms with Crippen LogP contribution in [-0.4, -0.2) is 30.3 Å². The van der Waals surface area contributed by atoms with Crippen molar-refractivity contribution in [2.75, 3.05) is 0 Å². The molecule has 0 amide bonds. The number of pyridine rings is 1. The van der Waals surface area contributed by atoms with E-state index >= 15 is 0 Å². The van der Waals surface area contributed by atoms with Crippen molar-refractivity contribution in [3.8, 4) is 6.07 Å². The molecule has 1 saturated carbocycles. The molecule has 0 bridgehead atoms. The van der Waals surface area contributed by atoms with Crippen LogP contribution in [0.2, 0.25) is 0 Å². The number of nitriles is 1. The van der Waals surface area contributed by atoms with Gasteiger partial charge in [0.05, 0.1) is 40.0 Å². The van der Waals surface area contributed by atoms with Crippen LogP contribution >= 0.6 is 11.3 Å². The summed E-state index contributed by atoms with van der Waals surface area (Å²) in [5.41, 5.74) is 1.87. The molecule has 3 aromatic rings. The van der Waals surface area contributed by atoms with E-state index in [0.717, 1.165) is 34.1 Å². The summed E-state index contributed by atoms with van der Waals surface area (Å²) in [5.74, 6) is 0.647. The van der Waals surface area contributed by atoms with Crippen LogP contribution < -0.4 is 0 Å². The Morgan fingerprint density at radius 2 is 2.20 bits per heavy atom. The maximum Gasteiger partial charge on any atom is 0.138 e. The van der Waals surface area contributed by atoms with Crippen molar-refractivity contribution in [2.24, 2.45) is 0 Å². The lowest BCUT2D eigenvalue weighted by atomic mass is 9.80. The lowest BCUT2D eigenvalue weighted by Crippen LogP contribution is -2.34. The zero-order valence-corrected chi connectivity index (χ0v) is 14.8. The zero-order valence-electron chi connectivity index (χ0n) is 14.0. The normalized spacial score (nSPS) is 25.3. The monoisotopic (exact) mass is 356 g/mol. The highest BCUT2D eigenvalue weighted by Crippen LogP contribution is 2.41. The van der Waals surface area contributed by atoms with E-state index < -0.39 is 11.7 Å². The number of aromatic nitrogens is 3. The van der Waals surface area contributed by atoms with E-state index in [0.29, 0.717) is 18.7 Å². The van der Waals surface area contributed by atoms with E-state index in [1.807, 2.05) is 11.4 Å². The number of aliphatic hydroxyl groups is 2. The van der Waals surface area contributed by atoms with E-state index in [1.165, 1.54) is 0 Å². The number of thiophene rings is 1. The van der Waals surface area contributed by atoms with E-state index in [1.54, 1.807) is 24.5 Å². The number of aliphatic hydroxyl groups excluding tert-OH is 1. The minimum atomic E-state index is -0.883. The summed E-state index contributed by atoms with van der Waals surface area (Å²) in [6.07, 6.45) is 3.96. The van der Waals surface area contributed by atoms with Gasteiger partial charge >= 0.3 is 0 Å². The molecule has 1 fully saturated rings. The lowest BCUT2D eigenvalue weighted by Gasteiger charge is -2.36. The zero-order chi connectivity index (χ0) is 17.6. The molecule has 25 heavy (non-hydrogen) atoms. The summed E-state index contributed by atoms with van der Waals surface area (Å²) in [4.78, 5) is 9.08. The Balaban J connectivity index is 1.82. The predicted octanol–water partition coefficient (Wildman–Crippen LogP) is 3.46. The minimum Gasteiger partial charge on any atom is -0.389 e. The molecule has 6 nitrogen and oxygen atoms in total. The number of rotatable bonds is 3. The van der Waals surface area contributed by atoms with Crippen molar-refractivity contribution < 1.29 is 10.2 Å². The number of nitrogens with zero attached hydrogens (tertiary/aromatic N) is 4. The maximum absolute atomic E-state index is 10.5. The Morgan fingerprint density at radius 1 is 1.44 bits per heavy atom. The van der Waals surface area contributed by atoms with Crippen LogP contribution in [0.15, 0.2) is 17.6 Å². The summed E-state index contributed by atoms with van der Waals surface area (Å²) in [6, 6.07) is 4.24. The molecule has 1 unspecified atom stereocenters. The largest absolute Gasteiger partial charge is 0.389 e. The van der Waals surface area contributed by atoms with Gasteiger partial charge in [0, 0.05) is 6.04 Å². The summed E-state index contributed by atoms with van der Waals surface area (Å²) in [6.45, 7) is 1.73. The first-order valence-electron chi connectivity index (χ1n) is 8.54. The van der Waals surface area contributed by atoms with Crippen LogP contribution in [0.1, 0.15) is 57.0 Å². The second-order valence-electron chi connectivity index (χ2n) is 6.93. The second-order valence-corrected chi connectivity index (χ2v) is 7.85. The molecular formula is C18H20N4O2S. The van der Waals surface area contributed by atoms with Crippen molar-refractivity contribution in [2.45, 2.75) is 56.8 Å². The van der Waals surface area contributed by atoms with E-state index in [2.05, 4.69) is 20.6 Å². The van der Waals surface area contributed by atoms with Gasteiger partial charge in [-0.05, 0) is 44.1 Å². The third-order valence-electron chi connectivity index (χ3n) is 5.18. The summed E-state index contributed by atoms with van der Waals surface area (Å²) in [5, 5.41) is 31.7. The fraction of sp³-hybridized carbons (Fsp3) is 0.500. The Labute approximate surface area is 149 Å². The molecule has 0 aliphatic heterocycles. The smallest absolute Gasteiger partial charge is 0.138 e. The molecule has 1 atom stereocenters. The molecule has 0 aromatic carbocycles. The fourth-order valence-electron chi connectivity index (χ4n) is 3.88. The Kier molecular flexibility index (Phi) is 3.99. The van der Waals surface area contributed by atoms with Gasteiger partial charge in [0.2, 0.25) is 0 Å². The van der Waals surface area contributed by atoms with Crippen LogP contribution in [0.5, 0.6) is 0 Å². The summed E-state index contributed by atoms with van der Waals surface area (Å²) in [7, 11) is 0. The van der Waals surface area contributed by atoms with Crippen LogP contribution in [0.4, 0.5) is 0 Å². The maximum atomic E-state index is 10.5. The van der Waals surface area contributed by atoms with Gasteiger partial charge < -0.3 is 14.8 Å². The SMILES string of the molecule is CC(O)c1nc2cnc3ccsc3c2n1C1CCC(O)(CC#N)CC1. The van der Waals surface area contributed by atoms with Crippen molar-refractivity contribution in [3.05, 3.63) is 23.5 Å². The number of hydrogen-bond acceptors (Lipinski definition) is 6. The van der Waals surface area contributed by atoms with Gasteiger partial charge in [-0.3, -0.25) is 4.98 Å². The van der Waals surface area contributed by atoms with Crippen LogP contribution in [0, 0.1) is 11.3 Å². The van der Waals surface area contributed by atoms with Crippen molar-refractivity contribution in [1.82, 2.24) is 14.5 Å². The molecule has 4 rings (SSSR count). The van der Waals surface area contributed by atoms with Crippen LogP contribution in [0.25, 0.3) is 21.3 Å². The third-order valence-corrected chi connectivity index (χ3v) is 6.09. The highest BCUT2D eigenvalue weighted by atomic mass is 32.1. The van der Waals surface area contributed by atoms with Crippen molar-refractivity contribution >= 4 is 32.6 Å². The number of hydrogen-bond donors (Lipinski definition) is 2.